The lowest BCUT2D eigenvalue weighted by atomic mass is 9.65. The average Bonchev–Trinajstić information content (AvgIpc) is 2.77. The molecule has 3 nitrogen and oxygen atoms in total. The molecule has 19 heavy (non-hydrogen) atoms. The standard InChI is InChI=1S/C16H21NO2/c1-19-13-9-5-6-10-16(13)11-14(18)17-15(16)12-7-3-2-4-8-12/h2-4,7-8,13,15H,5-6,9-11H2,1H3,(H,17,18). The van der Waals surface area contributed by atoms with Crippen molar-refractivity contribution in [3.05, 3.63) is 35.9 Å². The van der Waals surface area contributed by atoms with Crippen LogP contribution in [-0.2, 0) is 9.53 Å². The van der Waals surface area contributed by atoms with E-state index in [9.17, 15) is 4.79 Å². The highest BCUT2D eigenvalue weighted by molar-refractivity contribution is 5.80. The normalized spacial score (nSPS) is 34.5. The SMILES string of the molecule is COC1CCCCC12CC(=O)NC2c1ccccc1. The molecule has 1 heterocycles. The van der Waals surface area contributed by atoms with E-state index in [0.717, 1.165) is 12.8 Å². The molecule has 1 saturated carbocycles. The Labute approximate surface area is 114 Å². The smallest absolute Gasteiger partial charge is 0.221 e. The zero-order chi connectivity index (χ0) is 13.3. The molecule has 3 unspecified atom stereocenters. The first kappa shape index (κ1) is 12.7. The van der Waals surface area contributed by atoms with Gasteiger partial charge in [-0.2, -0.15) is 0 Å². The summed E-state index contributed by atoms with van der Waals surface area (Å²) in [5.41, 5.74) is 1.16. The molecule has 0 radical (unpaired) electrons. The maximum absolute atomic E-state index is 12.0. The number of amides is 1. The van der Waals surface area contributed by atoms with Crippen LogP contribution in [0.25, 0.3) is 0 Å². The number of carbonyl (C=O) groups excluding carboxylic acids is 1. The molecular weight excluding hydrogens is 238 g/mol. The third-order valence-electron chi connectivity index (χ3n) is 4.79. The summed E-state index contributed by atoms with van der Waals surface area (Å²) in [4.78, 5) is 12.0. The number of hydrogen-bond donors (Lipinski definition) is 1. The molecule has 2 fully saturated rings. The van der Waals surface area contributed by atoms with Crippen molar-refractivity contribution in [2.24, 2.45) is 5.41 Å². The van der Waals surface area contributed by atoms with Crippen molar-refractivity contribution >= 4 is 5.91 Å². The van der Waals surface area contributed by atoms with Gasteiger partial charge in [0.1, 0.15) is 0 Å². The van der Waals surface area contributed by atoms with Gasteiger partial charge in [-0.25, -0.2) is 0 Å². The van der Waals surface area contributed by atoms with Gasteiger partial charge in [0.25, 0.3) is 0 Å². The van der Waals surface area contributed by atoms with E-state index in [1.165, 1.54) is 18.4 Å². The molecule has 102 valence electrons. The van der Waals surface area contributed by atoms with Crippen molar-refractivity contribution in [2.75, 3.05) is 7.11 Å². The summed E-state index contributed by atoms with van der Waals surface area (Å²) in [5.74, 6) is 0.165. The van der Waals surface area contributed by atoms with Crippen LogP contribution in [0.2, 0.25) is 0 Å². The highest BCUT2D eigenvalue weighted by Gasteiger charge is 2.53. The third-order valence-corrected chi connectivity index (χ3v) is 4.79. The topological polar surface area (TPSA) is 38.3 Å². The van der Waals surface area contributed by atoms with Gasteiger partial charge in [0, 0.05) is 18.9 Å². The molecule has 1 aliphatic heterocycles. The number of rotatable bonds is 2. The van der Waals surface area contributed by atoms with Crippen molar-refractivity contribution < 1.29 is 9.53 Å². The van der Waals surface area contributed by atoms with Crippen LogP contribution >= 0.6 is 0 Å². The highest BCUT2D eigenvalue weighted by atomic mass is 16.5. The highest BCUT2D eigenvalue weighted by Crippen LogP contribution is 2.52. The molecule has 0 bridgehead atoms. The van der Waals surface area contributed by atoms with Gasteiger partial charge >= 0.3 is 0 Å². The summed E-state index contributed by atoms with van der Waals surface area (Å²) >= 11 is 0. The Morgan fingerprint density at radius 1 is 1.26 bits per heavy atom. The first-order valence-electron chi connectivity index (χ1n) is 7.13. The Hall–Kier alpha value is -1.35. The molecule has 1 spiro atoms. The fraction of sp³-hybridized carbons (Fsp3) is 0.562. The lowest BCUT2D eigenvalue weighted by Gasteiger charge is -2.43. The van der Waals surface area contributed by atoms with Gasteiger partial charge in [-0.05, 0) is 18.4 Å². The molecule has 1 saturated heterocycles. The molecular formula is C16H21NO2. The molecule has 3 atom stereocenters. The minimum absolute atomic E-state index is 0.0502. The van der Waals surface area contributed by atoms with Crippen molar-refractivity contribution in [1.29, 1.82) is 0 Å². The van der Waals surface area contributed by atoms with Crippen LogP contribution in [0, 0.1) is 5.41 Å². The molecule has 1 amide bonds. The molecule has 1 aromatic carbocycles. The van der Waals surface area contributed by atoms with E-state index in [4.69, 9.17) is 4.74 Å². The maximum atomic E-state index is 12.0. The second kappa shape index (κ2) is 4.97. The number of nitrogens with one attached hydrogen (secondary N) is 1. The number of benzene rings is 1. The third kappa shape index (κ3) is 2.06. The second-order valence-corrected chi connectivity index (χ2v) is 5.79. The van der Waals surface area contributed by atoms with Gasteiger partial charge in [0.2, 0.25) is 5.91 Å². The van der Waals surface area contributed by atoms with Gasteiger partial charge in [-0.1, -0.05) is 43.2 Å². The number of ether oxygens (including phenoxy) is 1. The van der Waals surface area contributed by atoms with Gasteiger partial charge < -0.3 is 10.1 Å². The summed E-state index contributed by atoms with van der Waals surface area (Å²) < 4.78 is 5.74. The van der Waals surface area contributed by atoms with Crippen LogP contribution in [0.5, 0.6) is 0 Å². The second-order valence-electron chi connectivity index (χ2n) is 5.79. The maximum Gasteiger partial charge on any atom is 0.221 e. The molecule has 2 aliphatic rings. The Bertz CT molecular complexity index is 459. The van der Waals surface area contributed by atoms with Crippen molar-refractivity contribution in [3.63, 3.8) is 0 Å². The quantitative estimate of drug-likeness (QED) is 0.887. The molecule has 1 aromatic rings. The summed E-state index contributed by atoms with van der Waals surface area (Å²) in [7, 11) is 1.78. The van der Waals surface area contributed by atoms with Crippen molar-refractivity contribution in [1.82, 2.24) is 5.32 Å². The zero-order valence-electron chi connectivity index (χ0n) is 11.4. The van der Waals surface area contributed by atoms with Crippen molar-refractivity contribution in [3.8, 4) is 0 Å². The molecule has 1 N–H and O–H groups in total. The Morgan fingerprint density at radius 3 is 2.79 bits per heavy atom. The fourth-order valence-corrected chi connectivity index (χ4v) is 3.93. The van der Waals surface area contributed by atoms with E-state index in [0.29, 0.717) is 6.42 Å². The van der Waals surface area contributed by atoms with E-state index >= 15 is 0 Å². The average molecular weight is 259 g/mol. The Balaban J connectivity index is 1.99. The van der Waals surface area contributed by atoms with Crippen LogP contribution in [0.4, 0.5) is 0 Å². The van der Waals surface area contributed by atoms with E-state index in [-0.39, 0.29) is 23.5 Å². The minimum atomic E-state index is -0.0502. The molecule has 0 aromatic heterocycles. The zero-order valence-corrected chi connectivity index (χ0v) is 11.4. The van der Waals surface area contributed by atoms with Gasteiger partial charge in [0.05, 0.1) is 12.1 Å². The fourth-order valence-electron chi connectivity index (χ4n) is 3.93. The lowest BCUT2D eigenvalue weighted by Crippen LogP contribution is -2.43. The molecule has 1 aliphatic carbocycles. The monoisotopic (exact) mass is 259 g/mol. The minimum Gasteiger partial charge on any atom is -0.381 e. The van der Waals surface area contributed by atoms with Crippen LogP contribution in [0.15, 0.2) is 30.3 Å². The van der Waals surface area contributed by atoms with Crippen LogP contribution in [0.3, 0.4) is 0 Å². The lowest BCUT2D eigenvalue weighted by molar-refractivity contribution is -0.121. The first-order valence-corrected chi connectivity index (χ1v) is 7.13. The van der Waals surface area contributed by atoms with Gasteiger partial charge in [-0.3, -0.25) is 4.79 Å². The summed E-state index contributed by atoms with van der Waals surface area (Å²) in [6.07, 6.45) is 5.32. The molecule has 3 heteroatoms. The van der Waals surface area contributed by atoms with E-state index in [1.54, 1.807) is 7.11 Å². The van der Waals surface area contributed by atoms with Crippen LogP contribution in [-0.4, -0.2) is 19.1 Å². The number of hydrogen-bond acceptors (Lipinski definition) is 2. The van der Waals surface area contributed by atoms with Crippen LogP contribution in [0.1, 0.15) is 43.7 Å². The largest absolute Gasteiger partial charge is 0.381 e. The van der Waals surface area contributed by atoms with E-state index in [2.05, 4.69) is 17.4 Å². The van der Waals surface area contributed by atoms with Crippen molar-refractivity contribution in [2.45, 2.75) is 44.2 Å². The Morgan fingerprint density at radius 2 is 2.05 bits per heavy atom. The summed E-state index contributed by atoms with van der Waals surface area (Å²) in [5, 5.41) is 3.18. The number of carbonyl (C=O) groups is 1. The van der Waals surface area contributed by atoms with Crippen LogP contribution < -0.4 is 5.32 Å². The summed E-state index contributed by atoms with van der Waals surface area (Å²) in [6.45, 7) is 0. The van der Waals surface area contributed by atoms with Gasteiger partial charge in [0.15, 0.2) is 0 Å². The Kier molecular flexibility index (Phi) is 3.31. The van der Waals surface area contributed by atoms with Gasteiger partial charge in [-0.15, -0.1) is 0 Å². The predicted molar refractivity (Wildman–Crippen MR) is 73.6 cm³/mol. The van der Waals surface area contributed by atoms with E-state index < -0.39 is 0 Å². The van der Waals surface area contributed by atoms with E-state index in [1.807, 2.05) is 18.2 Å². The molecule has 3 rings (SSSR count). The predicted octanol–water partition coefficient (Wildman–Crippen LogP) is 2.82. The number of methoxy groups -OCH3 is 1. The summed E-state index contributed by atoms with van der Waals surface area (Å²) in [6, 6.07) is 10.4. The first-order chi connectivity index (χ1) is 9.26.